The Hall–Kier alpha value is -1.73. The Bertz CT molecular complexity index is 391. The third kappa shape index (κ3) is 5.50. The number of hydrogen-bond donors (Lipinski definition) is 0. The first-order valence-electron chi connectivity index (χ1n) is 6.79. The van der Waals surface area contributed by atoms with E-state index in [1.807, 2.05) is 13.8 Å². The van der Waals surface area contributed by atoms with Crippen LogP contribution in [0.2, 0.25) is 0 Å². The van der Waals surface area contributed by atoms with E-state index < -0.39 is 4.92 Å². The van der Waals surface area contributed by atoms with E-state index in [9.17, 15) is 10.1 Å². The lowest BCUT2D eigenvalue weighted by atomic mass is 10.4. The lowest BCUT2D eigenvalue weighted by molar-refractivity contribution is -0.389. The average Bonchev–Trinajstić information content (AvgIpc) is 2.51. The third-order valence-corrected chi connectivity index (χ3v) is 2.69. The minimum absolute atomic E-state index is 0.171. The quantitative estimate of drug-likeness (QED) is 0.605. The number of nitrogens with zero attached hydrogens (tertiary/aromatic N) is 3. The number of ether oxygens (including phenoxy) is 2. The molecule has 0 saturated carbocycles. The fourth-order valence-corrected chi connectivity index (χ4v) is 1.68. The molecule has 0 aliphatic carbocycles. The number of aromatic nitrogens is 1. The molecule has 7 heteroatoms. The predicted molar refractivity (Wildman–Crippen MR) is 75.0 cm³/mol. The fraction of sp³-hybridized carbons (Fsp3) is 0.615. The van der Waals surface area contributed by atoms with Gasteiger partial charge in [0.25, 0.3) is 0 Å². The van der Waals surface area contributed by atoms with Crippen LogP contribution in [0.4, 0.5) is 5.82 Å². The van der Waals surface area contributed by atoms with E-state index in [0.29, 0.717) is 12.4 Å². The van der Waals surface area contributed by atoms with Crippen LogP contribution < -0.4 is 4.74 Å². The second kappa shape index (κ2) is 9.22. The van der Waals surface area contributed by atoms with Gasteiger partial charge in [-0.2, -0.15) is 0 Å². The molecule has 112 valence electrons. The van der Waals surface area contributed by atoms with Crippen LogP contribution in [0.5, 0.6) is 5.75 Å². The summed E-state index contributed by atoms with van der Waals surface area (Å²) < 4.78 is 10.7. The van der Waals surface area contributed by atoms with E-state index in [0.717, 1.165) is 32.8 Å². The van der Waals surface area contributed by atoms with Crippen molar-refractivity contribution in [3.8, 4) is 5.75 Å². The van der Waals surface area contributed by atoms with Crippen molar-refractivity contribution in [2.24, 2.45) is 0 Å². The van der Waals surface area contributed by atoms with E-state index in [-0.39, 0.29) is 5.82 Å². The molecule has 20 heavy (non-hydrogen) atoms. The number of rotatable bonds is 5. The van der Waals surface area contributed by atoms with E-state index in [1.165, 1.54) is 12.3 Å². The molecule has 2 rings (SSSR count). The van der Waals surface area contributed by atoms with E-state index in [4.69, 9.17) is 9.47 Å². The average molecular weight is 283 g/mol. The van der Waals surface area contributed by atoms with Gasteiger partial charge in [-0.3, -0.25) is 4.90 Å². The molecular formula is C13H21N3O4. The molecule has 0 radical (unpaired) electrons. The molecule has 1 aromatic rings. The Kier molecular flexibility index (Phi) is 7.52. The van der Waals surface area contributed by atoms with Crippen molar-refractivity contribution in [2.75, 3.05) is 39.5 Å². The van der Waals surface area contributed by atoms with E-state index >= 15 is 0 Å². The summed E-state index contributed by atoms with van der Waals surface area (Å²) in [4.78, 5) is 15.8. The van der Waals surface area contributed by atoms with Crippen LogP contribution in [-0.4, -0.2) is 54.3 Å². The largest absolute Gasteiger partial charge is 0.488 e. The molecule has 2 heterocycles. The minimum atomic E-state index is -0.530. The van der Waals surface area contributed by atoms with E-state index in [2.05, 4.69) is 9.88 Å². The summed E-state index contributed by atoms with van der Waals surface area (Å²) in [6.45, 7) is 8.72. The SMILES string of the molecule is CC.O=[N+]([O-])c1ccc(OCCN2CCOCC2)cn1. The first-order valence-corrected chi connectivity index (χ1v) is 6.79. The molecule has 0 unspecified atom stereocenters. The van der Waals surface area contributed by atoms with Gasteiger partial charge in [-0.05, 0) is 16.0 Å². The monoisotopic (exact) mass is 283 g/mol. The molecule has 0 atom stereocenters. The highest BCUT2D eigenvalue weighted by atomic mass is 16.6. The molecule has 0 aromatic carbocycles. The van der Waals surface area contributed by atoms with Crippen LogP contribution in [0.1, 0.15) is 13.8 Å². The Morgan fingerprint density at radius 3 is 2.65 bits per heavy atom. The van der Waals surface area contributed by atoms with Gasteiger partial charge in [-0.1, -0.05) is 13.8 Å². The van der Waals surface area contributed by atoms with Gasteiger partial charge in [0, 0.05) is 25.7 Å². The summed E-state index contributed by atoms with van der Waals surface area (Å²) in [5.74, 6) is 0.379. The van der Waals surface area contributed by atoms with Crippen LogP contribution in [-0.2, 0) is 4.74 Å². The summed E-state index contributed by atoms with van der Waals surface area (Å²) in [6, 6.07) is 2.90. The minimum Gasteiger partial charge on any atom is -0.488 e. The van der Waals surface area contributed by atoms with Gasteiger partial charge in [0.05, 0.1) is 13.2 Å². The zero-order chi connectivity index (χ0) is 14.8. The molecule has 0 spiro atoms. The Labute approximate surface area is 118 Å². The molecule has 1 aliphatic heterocycles. The highest BCUT2D eigenvalue weighted by Crippen LogP contribution is 2.13. The molecule has 7 nitrogen and oxygen atoms in total. The van der Waals surface area contributed by atoms with Crippen molar-refractivity contribution in [1.82, 2.24) is 9.88 Å². The maximum Gasteiger partial charge on any atom is 0.363 e. The normalized spacial score (nSPS) is 15.1. The lowest BCUT2D eigenvalue weighted by Crippen LogP contribution is -2.38. The predicted octanol–water partition coefficient (Wildman–Crippen LogP) is 1.73. The van der Waals surface area contributed by atoms with E-state index in [1.54, 1.807) is 6.07 Å². The van der Waals surface area contributed by atoms with Crippen molar-refractivity contribution in [3.05, 3.63) is 28.4 Å². The maximum absolute atomic E-state index is 10.4. The zero-order valence-corrected chi connectivity index (χ0v) is 11.9. The van der Waals surface area contributed by atoms with Crippen LogP contribution in [0.25, 0.3) is 0 Å². The molecule has 1 aromatic heterocycles. The fourth-order valence-electron chi connectivity index (χ4n) is 1.68. The molecule has 1 saturated heterocycles. The van der Waals surface area contributed by atoms with Gasteiger partial charge >= 0.3 is 5.82 Å². The molecule has 1 aliphatic rings. The Balaban J connectivity index is 0.000000956. The molecule has 0 bridgehead atoms. The van der Waals surface area contributed by atoms with Crippen LogP contribution in [0, 0.1) is 10.1 Å². The summed E-state index contributed by atoms with van der Waals surface area (Å²) in [7, 11) is 0. The lowest BCUT2D eigenvalue weighted by Gasteiger charge is -2.26. The topological polar surface area (TPSA) is 77.7 Å². The summed E-state index contributed by atoms with van der Waals surface area (Å²) in [6.07, 6.45) is 1.37. The maximum atomic E-state index is 10.4. The number of nitro groups is 1. The van der Waals surface area contributed by atoms with Gasteiger partial charge in [-0.25, -0.2) is 0 Å². The first-order chi connectivity index (χ1) is 9.75. The standard InChI is InChI=1S/C11H15N3O4.C2H6/c15-14(16)11-2-1-10(9-12-11)18-8-5-13-3-6-17-7-4-13;1-2/h1-2,9H,3-8H2;1-2H3. The summed E-state index contributed by atoms with van der Waals surface area (Å²) in [5.41, 5.74) is 0. The summed E-state index contributed by atoms with van der Waals surface area (Å²) in [5, 5.41) is 10.4. The summed E-state index contributed by atoms with van der Waals surface area (Å²) >= 11 is 0. The van der Waals surface area contributed by atoms with Crippen molar-refractivity contribution in [1.29, 1.82) is 0 Å². The van der Waals surface area contributed by atoms with Crippen molar-refractivity contribution < 1.29 is 14.4 Å². The smallest absolute Gasteiger partial charge is 0.363 e. The highest BCUT2D eigenvalue weighted by molar-refractivity contribution is 5.26. The van der Waals surface area contributed by atoms with Crippen molar-refractivity contribution in [2.45, 2.75) is 13.8 Å². The first kappa shape index (κ1) is 16.3. The second-order valence-electron chi connectivity index (χ2n) is 3.91. The molecule has 0 N–H and O–H groups in total. The third-order valence-electron chi connectivity index (χ3n) is 2.69. The van der Waals surface area contributed by atoms with Gasteiger partial charge in [-0.15, -0.1) is 0 Å². The van der Waals surface area contributed by atoms with Gasteiger partial charge in [0.2, 0.25) is 0 Å². The molecule has 0 amide bonds. The molecule has 1 fully saturated rings. The van der Waals surface area contributed by atoms with Crippen LogP contribution in [0.15, 0.2) is 18.3 Å². The Morgan fingerprint density at radius 2 is 2.10 bits per heavy atom. The van der Waals surface area contributed by atoms with Crippen molar-refractivity contribution >= 4 is 5.82 Å². The number of morpholine rings is 1. The van der Waals surface area contributed by atoms with Crippen LogP contribution in [0.3, 0.4) is 0 Å². The van der Waals surface area contributed by atoms with Crippen LogP contribution >= 0.6 is 0 Å². The second-order valence-corrected chi connectivity index (χ2v) is 3.91. The van der Waals surface area contributed by atoms with Gasteiger partial charge < -0.3 is 19.6 Å². The number of hydrogen-bond acceptors (Lipinski definition) is 6. The Morgan fingerprint density at radius 1 is 1.40 bits per heavy atom. The zero-order valence-electron chi connectivity index (χ0n) is 11.9. The molecular weight excluding hydrogens is 262 g/mol. The highest BCUT2D eigenvalue weighted by Gasteiger charge is 2.10. The van der Waals surface area contributed by atoms with Gasteiger partial charge in [0.1, 0.15) is 6.61 Å². The number of pyridine rings is 1. The van der Waals surface area contributed by atoms with Crippen molar-refractivity contribution in [3.63, 3.8) is 0 Å². The van der Waals surface area contributed by atoms with Gasteiger partial charge in [0.15, 0.2) is 11.9 Å².